The summed E-state index contributed by atoms with van der Waals surface area (Å²) in [4.78, 5) is 14.6. The maximum atomic E-state index is 12.7. The second kappa shape index (κ2) is 8.73. The summed E-state index contributed by atoms with van der Waals surface area (Å²) in [6, 6.07) is 0. The molecule has 196 valence electrons. The van der Waals surface area contributed by atoms with Crippen LogP contribution in [0.25, 0.3) is 0 Å². The summed E-state index contributed by atoms with van der Waals surface area (Å²) in [5.74, 6) is 1.76. The topological polar surface area (TPSA) is 79.2 Å². The predicted octanol–water partition coefficient (Wildman–Crippen LogP) is 5.03. The van der Waals surface area contributed by atoms with Crippen LogP contribution in [0.4, 0.5) is 4.79 Å². The van der Waals surface area contributed by atoms with E-state index in [-0.39, 0.29) is 23.0 Å². The monoisotopic (exact) mass is 487 g/mol. The normalized spacial score (nSPS) is 49.6. The molecule has 0 aromatic carbocycles. The van der Waals surface area contributed by atoms with Crippen molar-refractivity contribution in [2.24, 2.45) is 34.5 Å². The first-order chi connectivity index (χ1) is 16.7. The van der Waals surface area contributed by atoms with Gasteiger partial charge in [0.05, 0.1) is 12.2 Å². The van der Waals surface area contributed by atoms with Gasteiger partial charge < -0.3 is 24.6 Å². The van der Waals surface area contributed by atoms with Gasteiger partial charge in [-0.25, -0.2) is 4.79 Å². The van der Waals surface area contributed by atoms with Gasteiger partial charge in [-0.1, -0.05) is 13.8 Å². The number of piperidine rings is 1. The molecule has 0 aromatic heterocycles. The number of carbonyl (C=O) groups is 1. The summed E-state index contributed by atoms with van der Waals surface area (Å²) in [5.41, 5.74) is 0.640. The number of amides is 1. The third kappa shape index (κ3) is 3.72. The molecule has 35 heavy (non-hydrogen) atoms. The molecule has 9 atom stereocenters. The number of fused-ring (bicyclic) bond motifs is 5. The van der Waals surface area contributed by atoms with Crippen LogP contribution in [-0.2, 0) is 9.47 Å². The van der Waals surface area contributed by atoms with Gasteiger partial charge in [0.25, 0.3) is 0 Å². The first-order valence-corrected chi connectivity index (χ1v) is 14.4. The molecule has 6 nitrogen and oxygen atoms in total. The minimum absolute atomic E-state index is 0.0487. The number of aliphatic hydroxyl groups is 2. The fraction of sp³-hybridized carbons (Fsp3) is 0.897. The summed E-state index contributed by atoms with van der Waals surface area (Å²) in [6.45, 7) is 6.99. The fourth-order valence-corrected chi connectivity index (χ4v) is 9.86. The zero-order chi connectivity index (χ0) is 24.4. The number of rotatable bonds is 2. The van der Waals surface area contributed by atoms with Crippen molar-refractivity contribution in [2.75, 3.05) is 19.7 Å². The Labute approximate surface area is 210 Å². The van der Waals surface area contributed by atoms with E-state index in [0.29, 0.717) is 30.3 Å². The second-order valence-corrected chi connectivity index (χ2v) is 13.2. The second-order valence-electron chi connectivity index (χ2n) is 13.2. The lowest BCUT2D eigenvalue weighted by Gasteiger charge is -2.63. The van der Waals surface area contributed by atoms with Crippen LogP contribution >= 0.6 is 0 Å². The van der Waals surface area contributed by atoms with Crippen LogP contribution < -0.4 is 0 Å². The van der Waals surface area contributed by atoms with Crippen molar-refractivity contribution in [2.45, 2.75) is 109 Å². The van der Waals surface area contributed by atoms with Crippen molar-refractivity contribution in [1.82, 2.24) is 4.90 Å². The van der Waals surface area contributed by atoms with Gasteiger partial charge in [0.1, 0.15) is 6.10 Å². The number of nitrogens with zero attached hydrogens (tertiary/aromatic N) is 1. The smallest absolute Gasteiger partial charge is 0.410 e. The van der Waals surface area contributed by atoms with E-state index in [2.05, 4.69) is 13.8 Å². The molecule has 1 saturated heterocycles. The predicted molar refractivity (Wildman–Crippen MR) is 132 cm³/mol. The molecule has 6 heteroatoms. The minimum atomic E-state index is -0.785. The molecule has 6 rings (SSSR count). The quantitative estimate of drug-likeness (QED) is 0.534. The lowest BCUT2D eigenvalue weighted by Crippen LogP contribution is -2.62. The van der Waals surface area contributed by atoms with Gasteiger partial charge in [-0.2, -0.15) is 0 Å². The largest absolute Gasteiger partial charge is 0.446 e. The molecule has 2 N–H and O–H groups in total. The van der Waals surface area contributed by atoms with E-state index >= 15 is 0 Å². The Morgan fingerprint density at radius 3 is 2.57 bits per heavy atom. The molecule has 6 unspecified atom stereocenters. The van der Waals surface area contributed by atoms with Crippen LogP contribution in [0.3, 0.4) is 0 Å². The Bertz CT molecular complexity index is 869. The highest BCUT2D eigenvalue weighted by atomic mass is 16.6. The van der Waals surface area contributed by atoms with E-state index in [9.17, 15) is 15.0 Å². The van der Waals surface area contributed by atoms with Crippen molar-refractivity contribution in [1.29, 1.82) is 0 Å². The number of hydrogen-bond donors (Lipinski definition) is 2. The summed E-state index contributed by atoms with van der Waals surface area (Å²) < 4.78 is 11.5. The molecule has 6 aliphatic rings. The van der Waals surface area contributed by atoms with E-state index in [1.165, 1.54) is 18.4 Å². The Balaban J connectivity index is 1.16. The SMILES string of the molecule is C[C@]12CC[C@H](OC(=O)N3CCCCC3)CC1CCC1C2CC[C@]2(C)C(C3=CC(O)OC3)CCC12O. The molecule has 2 aliphatic heterocycles. The highest BCUT2D eigenvalue weighted by Gasteiger charge is 2.67. The van der Waals surface area contributed by atoms with Crippen LogP contribution in [0.5, 0.6) is 0 Å². The molecule has 4 saturated carbocycles. The van der Waals surface area contributed by atoms with Crippen molar-refractivity contribution in [3.8, 4) is 0 Å². The van der Waals surface area contributed by atoms with E-state index in [1.54, 1.807) is 0 Å². The standard InChI is InChI=1S/C29H45NO5/c1-27-11-8-21(35-26(32)30-14-4-3-5-15-30)17-20(27)6-7-24-23(27)9-12-28(2)22(10-13-29(24,28)33)19-16-25(31)34-18-19/h16,20-25,31,33H,3-15,17-18H2,1-2H3/t20?,21-,22?,23?,24?,25?,27-,28+,29?/m0/s1. The van der Waals surface area contributed by atoms with Gasteiger partial charge in [0.15, 0.2) is 6.29 Å². The highest BCUT2D eigenvalue weighted by Crippen LogP contribution is 2.70. The number of likely N-dealkylation sites (tertiary alicyclic amines) is 1. The summed E-state index contributed by atoms with van der Waals surface area (Å²) in [7, 11) is 0. The van der Waals surface area contributed by atoms with Gasteiger partial charge in [-0.15, -0.1) is 0 Å². The molecule has 5 fully saturated rings. The van der Waals surface area contributed by atoms with E-state index in [0.717, 1.165) is 77.3 Å². The summed E-state index contributed by atoms with van der Waals surface area (Å²) in [6.07, 6.45) is 13.8. The first kappa shape index (κ1) is 24.2. The molecule has 0 radical (unpaired) electrons. The third-order valence-corrected chi connectivity index (χ3v) is 11.9. The van der Waals surface area contributed by atoms with Crippen molar-refractivity contribution >= 4 is 6.09 Å². The highest BCUT2D eigenvalue weighted by molar-refractivity contribution is 5.67. The van der Waals surface area contributed by atoms with Gasteiger partial charge >= 0.3 is 6.09 Å². The van der Waals surface area contributed by atoms with Crippen molar-refractivity contribution in [3.05, 3.63) is 11.6 Å². The zero-order valence-corrected chi connectivity index (χ0v) is 21.7. The van der Waals surface area contributed by atoms with Gasteiger partial charge in [0.2, 0.25) is 0 Å². The van der Waals surface area contributed by atoms with Crippen LogP contribution in [0, 0.1) is 34.5 Å². The number of carbonyl (C=O) groups excluding carboxylic acids is 1. The summed E-state index contributed by atoms with van der Waals surface area (Å²) >= 11 is 0. The molecule has 0 aromatic rings. The van der Waals surface area contributed by atoms with Crippen molar-refractivity contribution < 1.29 is 24.5 Å². The Hall–Kier alpha value is -1.11. The van der Waals surface area contributed by atoms with Gasteiger partial charge in [0, 0.05) is 18.5 Å². The lowest BCUT2D eigenvalue weighted by atomic mass is 9.43. The minimum Gasteiger partial charge on any atom is -0.446 e. The lowest BCUT2D eigenvalue weighted by molar-refractivity contribution is -0.208. The molecule has 0 spiro atoms. The molecule has 0 bridgehead atoms. The first-order valence-electron chi connectivity index (χ1n) is 14.4. The van der Waals surface area contributed by atoms with Gasteiger partial charge in [-0.3, -0.25) is 0 Å². The molecule has 4 aliphatic carbocycles. The number of aliphatic hydroxyl groups excluding tert-OH is 1. The van der Waals surface area contributed by atoms with Crippen molar-refractivity contribution in [3.63, 3.8) is 0 Å². The average molecular weight is 488 g/mol. The number of hydrogen-bond acceptors (Lipinski definition) is 5. The van der Waals surface area contributed by atoms with Crippen LogP contribution in [-0.4, -0.2) is 58.9 Å². The molecule has 1 amide bonds. The fourth-order valence-electron chi connectivity index (χ4n) is 9.86. The maximum absolute atomic E-state index is 12.7. The molecular weight excluding hydrogens is 442 g/mol. The molecule has 2 heterocycles. The average Bonchev–Trinajstić information content (AvgIpc) is 3.39. The molecular formula is C29H45NO5. The van der Waals surface area contributed by atoms with E-state index < -0.39 is 11.9 Å². The number of ether oxygens (including phenoxy) is 2. The van der Waals surface area contributed by atoms with Crippen LogP contribution in [0.1, 0.15) is 90.9 Å². The third-order valence-electron chi connectivity index (χ3n) is 11.9. The van der Waals surface area contributed by atoms with Gasteiger partial charge in [-0.05, 0) is 118 Å². The zero-order valence-electron chi connectivity index (χ0n) is 21.7. The van der Waals surface area contributed by atoms with E-state index in [4.69, 9.17) is 9.47 Å². The maximum Gasteiger partial charge on any atom is 0.410 e. The van der Waals surface area contributed by atoms with E-state index in [1.807, 2.05) is 11.0 Å². The Kier molecular flexibility index (Phi) is 6.05. The summed E-state index contributed by atoms with van der Waals surface area (Å²) in [5, 5.41) is 22.3. The van der Waals surface area contributed by atoms with Crippen LogP contribution in [0.15, 0.2) is 11.6 Å². The Morgan fingerprint density at radius 2 is 1.83 bits per heavy atom. The Morgan fingerprint density at radius 1 is 1.03 bits per heavy atom. The van der Waals surface area contributed by atoms with Crippen LogP contribution in [0.2, 0.25) is 0 Å².